The summed E-state index contributed by atoms with van der Waals surface area (Å²) in [6.07, 6.45) is 2.79. The van der Waals surface area contributed by atoms with Crippen LogP contribution in [0.15, 0.2) is 54.7 Å². The molecule has 9 heteroatoms. The number of nitrogens with one attached hydrogen (secondary N) is 2. The van der Waals surface area contributed by atoms with Gasteiger partial charge >= 0.3 is 5.97 Å². The third-order valence-corrected chi connectivity index (χ3v) is 5.32. The molecule has 2 aromatic heterocycles. The number of amides is 1. The van der Waals surface area contributed by atoms with Crippen LogP contribution in [0.3, 0.4) is 0 Å². The fraction of sp³-hybridized carbons (Fsp3) is 0.333. The summed E-state index contributed by atoms with van der Waals surface area (Å²) in [4.78, 5) is 33.7. The number of nitrogens with zero attached hydrogens (tertiary/aromatic N) is 2. The van der Waals surface area contributed by atoms with Crippen LogP contribution in [0.2, 0.25) is 5.15 Å². The Morgan fingerprint density at radius 1 is 1.08 bits per heavy atom. The van der Waals surface area contributed by atoms with E-state index in [9.17, 15) is 14.0 Å². The molecule has 190 valence electrons. The lowest BCUT2D eigenvalue weighted by atomic mass is 10.1. The summed E-state index contributed by atoms with van der Waals surface area (Å²) in [5.41, 5.74) is 2.13. The van der Waals surface area contributed by atoms with Crippen LogP contribution in [0.4, 0.5) is 10.2 Å². The second kappa shape index (κ2) is 12.4. The van der Waals surface area contributed by atoms with Crippen LogP contribution in [0.5, 0.6) is 0 Å². The summed E-state index contributed by atoms with van der Waals surface area (Å²) in [5, 5.41) is 6.26. The predicted octanol–water partition coefficient (Wildman–Crippen LogP) is 5.13. The smallest absolute Gasteiger partial charge is 0.306 e. The molecule has 1 amide bonds. The molecule has 0 saturated heterocycles. The van der Waals surface area contributed by atoms with Crippen molar-refractivity contribution in [2.75, 3.05) is 11.9 Å². The van der Waals surface area contributed by atoms with Crippen molar-refractivity contribution in [2.24, 2.45) is 0 Å². The third-order valence-electron chi connectivity index (χ3n) is 5.11. The van der Waals surface area contributed by atoms with E-state index < -0.39 is 5.60 Å². The Morgan fingerprint density at radius 3 is 2.64 bits per heavy atom. The number of carbonyl (C=O) groups excluding carboxylic acids is 2. The van der Waals surface area contributed by atoms with Crippen molar-refractivity contribution < 1.29 is 18.7 Å². The van der Waals surface area contributed by atoms with Crippen LogP contribution in [0.1, 0.15) is 54.4 Å². The minimum absolute atomic E-state index is 0.190. The Bertz CT molecular complexity index is 1210. The zero-order chi connectivity index (χ0) is 26.1. The van der Waals surface area contributed by atoms with Gasteiger partial charge in [0.2, 0.25) is 0 Å². The minimum atomic E-state index is -0.548. The predicted molar refractivity (Wildman–Crippen MR) is 137 cm³/mol. The van der Waals surface area contributed by atoms with Crippen LogP contribution in [0, 0.1) is 5.82 Å². The van der Waals surface area contributed by atoms with Gasteiger partial charge in [0.25, 0.3) is 5.91 Å². The molecular weight excluding hydrogens is 483 g/mol. The molecule has 3 aromatic rings. The van der Waals surface area contributed by atoms with Crippen molar-refractivity contribution in [3.8, 4) is 0 Å². The fourth-order valence-corrected chi connectivity index (χ4v) is 3.66. The van der Waals surface area contributed by atoms with Gasteiger partial charge in [-0.2, -0.15) is 0 Å². The van der Waals surface area contributed by atoms with Gasteiger partial charge in [-0.25, -0.2) is 9.37 Å². The second-order valence-corrected chi connectivity index (χ2v) is 9.60. The average molecular weight is 513 g/mol. The van der Waals surface area contributed by atoms with E-state index in [0.29, 0.717) is 36.5 Å². The van der Waals surface area contributed by atoms with Crippen molar-refractivity contribution in [1.82, 2.24) is 15.3 Å². The largest absolute Gasteiger partial charge is 0.460 e. The number of hydrogen-bond acceptors (Lipinski definition) is 6. The number of carbonyl (C=O) groups is 2. The van der Waals surface area contributed by atoms with E-state index in [1.807, 2.05) is 32.9 Å². The number of pyridine rings is 2. The van der Waals surface area contributed by atoms with E-state index in [1.165, 1.54) is 12.1 Å². The summed E-state index contributed by atoms with van der Waals surface area (Å²) in [5.74, 6) is -0.597. The van der Waals surface area contributed by atoms with Crippen LogP contribution < -0.4 is 10.6 Å². The summed E-state index contributed by atoms with van der Waals surface area (Å²) in [7, 11) is 0. The van der Waals surface area contributed by atoms with Crippen LogP contribution >= 0.6 is 11.6 Å². The third kappa shape index (κ3) is 8.61. The Kier molecular flexibility index (Phi) is 9.36. The number of anilines is 1. The van der Waals surface area contributed by atoms with E-state index in [4.69, 9.17) is 16.3 Å². The fourth-order valence-electron chi connectivity index (χ4n) is 3.51. The number of halogens is 2. The normalized spacial score (nSPS) is 11.1. The van der Waals surface area contributed by atoms with Crippen LogP contribution in [-0.2, 0) is 28.9 Å². The zero-order valence-electron chi connectivity index (χ0n) is 20.6. The average Bonchev–Trinajstić information content (AvgIpc) is 2.81. The number of benzene rings is 1. The molecular formula is C27H30ClFN4O3. The van der Waals surface area contributed by atoms with Crippen LogP contribution in [0.25, 0.3) is 0 Å². The lowest BCUT2D eigenvalue weighted by molar-refractivity contribution is -0.154. The number of aromatic nitrogens is 2. The maximum absolute atomic E-state index is 13.4. The molecule has 0 atom stereocenters. The highest BCUT2D eigenvalue weighted by molar-refractivity contribution is 6.29. The Hall–Kier alpha value is -3.52. The molecule has 0 bridgehead atoms. The first-order valence-corrected chi connectivity index (χ1v) is 12.1. The first-order valence-electron chi connectivity index (χ1n) is 11.7. The van der Waals surface area contributed by atoms with Gasteiger partial charge in [0.05, 0.1) is 12.0 Å². The quantitative estimate of drug-likeness (QED) is 0.289. The van der Waals surface area contributed by atoms with Crippen molar-refractivity contribution in [3.05, 3.63) is 88.1 Å². The maximum atomic E-state index is 13.4. The monoisotopic (exact) mass is 512 g/mol. The molecule has 3 rings (SSSR count). The molecule has 7 nitrogen and oxygen atoms in total. The minimum Gasteiger partial charge on any atom is -0.460 e. The number of rotatable bonds is 10. The van der Waals surface area contributed by atoms with Gasteiger partial charge in [0, 0.05) is 31.4 Å². The van der Waals surface area contributed by atoms with Gasteiger partial charge < -0.3 is 15.4 Å². The molecule has 0 unspecified atom stereocenters. The highest BCUT2D eigenvalue weighted by Crippen LogP contribution is 2.18. The molecule has 2 N–H and O–H groups in total. The number of hydrogen-bond donors (Lipinski definition) is 2. The highest BCUT2D eigenvalue weighted by atomic mass is 35.5. The number of aryl methyl sites for hydroxylation is 1. The summed E-state index contributed by atoms with van der Waals surface area (Å²) >= 11 is 6.05. The SMILES string of the molecule is CC(C)(C)OC(=O)CCc1ncccc1CNC(=O)c1ccc(Cl)nc1NCCc1cccc(F)c1. The standard InChI is InChI=1S/C27H30ClFN4O3/c1-27(2,3)36-24(34)12-10-22-19(7-5-14-30-22)17-32-26(35)21-9-11-23(28)33-25(21)31-15-13-18-6-4-8-20(29)16-18/h4-9,11,14,16H,10,12-13,15,17H2,1-3H3,(H,31,33)(H,32,35). The Labute approximate surface area is 215 Å². The topological polar surface area (TPSA) is 93.2 Å². The Balaban J connectivity index is 1.61. The summed E-state index contributed by atoms with van der Waals surface area (Å²) < 4.78 is 18.8. The van der Waals surface area contributed by atoms with Gasteiger partial charge in [-0.05, 0) is 68.7 Å². The van der Waals surface area contributed by atoms with Crippen molar-refractivity contribution >= 4 is 29.3 Å². The van der Waals surface area contributed by atoms with E-state index >= 15 is 0 Å². The van der Waals surface area contributed by atoms with Crippen LogP contribution in [-0.4, -0.2) is 34.0 Å². The van der Waals surface area contributed by atoms with Crippen molar-refractivity contribution in [3.63, 3.8) is 0 Å². The molecule has 0 saturated carbocycles. The van der Waals surface area contributed by atoms with Gasteiger partial charge in [0.15, 0.2) is 0 Å². The van der Waals surface area contributed by atoms with Crippen molar-refractivity contribution in [1.29, 1.82) is 0 Å². The maximum Gasteiger partial charge on any atom is 0.306 e. The first-order chi connectivity index (χ1) is 17.1. The number of esters is 1. The van der Waals surface area contributed by atoms with E-state index in [0.717, 1.165) is 11.1 Å². The lowest BCUT2D eigenvalue weighted by Crippen LogP contribution is -2.26. The van der Waals surface area contributed by atoms with Gasteiger partial charge in [-0.3, -0.25) is 14.6 Å². The molecule has 0 aliphatic heterocycles. The van der Waals surface area contributed by atoms with Gasteiger partial charge in [0.1, 0.15) is 22.4 Å². The van der Waals surface area contributed by atoms with Gasteiger partial charge in [-0.15, -0.1) is 0 Å². The molecule has 36 heavy (non-hydrogen) atoms. The van der Waals surface area contributed by atoms with E-state index in [2.05, 4.69) is 20.6 Å². The zero-order valence-corrected chi connectivity index (χ0v) is 21.4. The molecule has 1 aromatic carbocycles. The molecule has 0 aliphatic rings. The molecule has 2 heterocycles. The summed E-state index contributed by atoms with van der Waals surface area (Å²) in [6, 6.07) is 13.1. The summed E-state index contributed by atoms with van der Waals surface area (Å²) in [6.45, 7) is 6.13. The molecule has 0 aliphatic carbocycles. The highest BCUT2D eigenvalue weighted by Gasteiger charge is 2.18. The van der Waals surface area contributed by atoms with Gasteiger partial charge in [-0.1, -0.05) is 29.8 Å². The molecule has 0 fully saturated rings. The van der Waals surface area contributed by atoms with Crippen molar-refractivity contribution in [2.45, 2.75) is 52.2 Å². The number of ether oxygens (including phenoxy) is 1. The first kappa shape index (κ1) is 27.1. The second-order valence-electron chi connectivity index (χ2n) is 9.22. The van der Waals surface area contributed by atoms with E-state index in [-0.39, 0.29) is 35.8 Å². The molecule has 0 radical (unpaired) electrons. The molecule has 0 spiro atoms. The Morgan fingerprint density at radius 2 is 1.89 bits per heavy atom. The lowest BCUT2D eigenvalue weighted by Gasteiger charge is -2.19. The van der Waals surface area contributed by atoms with E-state index in [1.54, 1.807) is 30.5 Å².